The molecule has 0 spiro atoms. The Kier molecular flexibility index (Phi) is 10.4. The lowest BCUT2D eigenvalue weighted by atomic mass is 10.1. The summed E-state index contributed by atoms with van der Waals surface area (Å²) in [6.07, 6.45) is 1.01. The standard InChI is InChI=1S/C7H10O2.C5H5NO2/c1-5(2)7(9)4-6(3)8;1-2-5(7)8-4-3-6/h1,4H2,2-3H3;2H,1,4H2. The van der Waals surface area contributed by atoms with Gasteiger partial charge in [0.1, 0.15) is 11.9 Å². The van der Waals surface area contributed by atoms with Gasteiger partial charge in [0.2, 0.25) is 0 Å². The van der Waals surface area contributed by atoms with Gasteiger partial charge in [-0.3, -0.25) is 9.59 Å². The van der Waals surface area contributed by atoms with Crippen LogP contribution in [0.15, 0.2) is 24.8 Å². The molecule has 0 heterocycles. The molecule has 0 aliphatic rings. The van der Waals surface area contributed by atoms with E-state index in [1.54, 1.807) is 13.0 Å². The number of nitrogens with zero attached hydrogens (tertiary/aromatic N) is 1. The van der Waals surface area contributed by atoms with Gasteiger partial charge in [-0.2, -0.15) is 5.26 Å². The number of hydrogen-bond donors (Lipinski definition) is 0. The summed E-state index contributed by atoms with van der Waals surface area (Å²) >= 11 is 0. The number of carbonyl (C=O) groups is 3. The van der Waals surface area contributed by atoms with Gasteiger partial charge >= 0.3 is 5.97 Å². The van der Waals surface area contributed by atoms with Crippen LogP contribution in [0, 0.1) is 11.3 Å². The zero-order valence-corrected chi connectivity index (χ0v) is 9.99. The largest absolute Gasteiger partial charge is 0.447 e. The minimum atomic E-state index is -0.563. The Hall–Kier alpha value is -2.22. The highest BCUT2D eigenvalue weighted by molar-refractivity contribution is 6.06. The first-order valence-corrected chi connectivity index (χ1v) is 4.69. The minimum Gasteiger partial charge on any atom is -0.447 e. The van der Waals surface area contributed by atoms with Crippen molar-refractivity contribution in [2.45, 2.75) is 20.3 Å². The van der Waals surface area contributed by atoms with E-state index >= 15 is 0 Å². The summed E-state index contributed by atoms with van der Waals surface area (Å²) in [7, 11) is 0. The predicted octanol–water partition coefficient (Wildman–Crippen LogP) is 1.35. The van der Waals surface area contributed by atoms with Crippen LogP contribution < -0.4 is 0 Å². The van der Waals surface area contributed by atoms with Crippen molar-refractivity contribution in [3.63, 3.8) is 0 Å². The van der Waals surface area contributed by atoms with Crippen molar-refractivity contribution in [3.8, 4) is 6.07 Å². The second-order valence-electron chi connectivity index (χ2n) is 3.05. The maximum Gasteiger partial charge on any atom is 0.331 e. The molecular weight excluding hydrogens is 222 g/mol. The van der Waals surface area contributed by atoms with E-state index in [1.165, 1.54) is 6.92 Å². The first-order chi connectivity index (χ1) is 7.84. The third-order valence-corrected chi connectivity index (χ3v) is 1.33. The van der Waals surface area contributed by atoms with E-state index in [0.29, 0.717) is 5.57 Å². The van der Waals surface area contributed by atoms with Crippen LogP contribution in [-0.2, 0) is 19.1 Å². The fraction of sp³-hybridized carbons (Fsp3) is 0.333. The van der Waals surface area contributed by atoms with Crippen LogP contribution in [0.1, 0.15) is 20.3 Å². The molecule has 17 heavy (non-hydrogen) atoms. The molecule has 0 radical (unpaired) electrons. The first kappa shape index (κ1) is 17.2. The highest BCUT2D eigenvalue weighted by Gasteiger charge is 2.03. The molecule has 5 heteroatoms. The number of hydrogen-bond acceptors (Lipinski definition) is 5. The van der Waals surface area contributed by atoms with Crippen molar-refractivity contribution in [2.75, 3.05) is 6.61 Å². The second kappa shape index (κ2) is 10.3. The Balaban J connectivity index is 0. The Bertz CT molecular complexity index is 363. The molecule has 0 aromatic heterocycles. The van der Waals surface area contributed by atoms with Gasteiger partial charge in [-0.1, -0.05) is 13.2 Å². The van der Waals surface area contributed by atoms with E-state index < -0.39 is 5.97 Å². The van der Waals surface area contributed by atoms with Gasteiger partial charge < -0.3 is 4.74 Å². The van der Waals surface area contributed by atoms with Crippen LogP contribution in [0.5, 0.6) is 0 Å². The highest BCUT2D eigenvalue weighted by atomic mass is 16.5. The first-order valence-electron chi connectivity index (χ1n) is 4.69. The third-order valence-electron chi connectivity index (χ3n) is 1.33. The molecule has 0 atom stereocenters. The Morgan fingerprint density at radius 1 is 1.35 bits per heavy atom. The number of ether oxygens (including phenoxy) is 1. The van der Waals surface area contributed by atoms with Crippen LogP contribution in [0.25, 0.3) is 0 Å². The van der Waals surface area contributed by atoms with Crippen molar-refractivity contribution in [1.29, 1.82) is 5.26 Å². The van der Waals surface area contributed by atoms with E-state index in [2.05, 4.69) is 17.9 Å². The molecule has 0 saturated heterocycles. The molecule has 5 nitrogen and oxygen atoms in total. The monoisotopic (exact) mass is 237 g/mol. The molecule has 0 aromatic carbocycles. The lowest BCUT2D eigenvalue weighted by Crippen LogP contribution is -2.03. The number of carbonyl (C=O) groups excluding carboxylic acids is 3. The smallest absolute Gasteiger partial charge is 0.331 e. The molecule has 0 amide bonds. The zero-order valence-electron chi connectivity index (χ0n) is 9.99. The van der Waals surface area contributed by atoms with Gasteiger partial charge in [0.05, 0.1) is 6.42 Å². The normalized spacial score (nSPS) is 7.82. The second-order valence-corrected chi connectivity index (χ2v) is 3.05. The van der Waals surface area contributed by atoms with E-state index in [9.17, 15) is 14.4 Å². The quantitative estimate of drug-likeness (QED) is 0.409. The molecule has 92 valence electrons. The summed E-state index contributed by atoms with van der Waals surface area (Å²) in [6.45, 7) is 9.32. The van der Waals surface area contributed by atoms with Gasteiger partial charge in [0, 0.05) is 6.08 Å². The summed E-state index contributed by atoms with van der Waals surface area (Å²) in [5.41, 5.74) is 0.449. The van der Waals surface area contributed by atoms with Gasteiger partial charge in [-0.05, 0) is 19.4 Å². The Labute approximate surface area is 100 Å². The number of Topliss-reactive ketones (excluding diaryl/α,β-unsaturated/α-hetero) is 2. The molecule has 0 rings (SSSR count). The Morgan fingerprint density at radius 3 is 2.12 bits per heavy atom. The minimum absolute atomic E-state index is 0.00463. The van der Waals surface area contributed by atoms with Crippen LogP contribution in [0.2, 0.25) is 0 Å². The van der Waals surface area contributed by atoms with Crippen LogP contribution in [-0.4, -0.2) is 24.1 Å². The third kappa shape index (κ3) is 13.8. The van der Waals surface area contributed by atoms with Crippen molar-refractivity contribution >= 4 is 17.5 Å². The molecule has 0 aliphatic heterocycles. The summed E-state index contributed by atoms with van der Waals surface area (Å²) in [4.78, 5) is 31.0. The topological polar surface area (TPSA) is 84.2 Å². The summed E-state index contributed by atoms with van der Waals surface area (Å²) < 4.78 is 4.22. The number of nitriles is 1. The maximum absolute atomic E-state index is 10.6. The van der Waals surface area contributed by atoms with Crippen LogP contribution >= 0.6 is 0 Å². The Morgan fingerprint density at radius 2 is 1.88 bits per heavy atom. The molecule has 0 unspecified atom stereocenters. The van der Waals surface area contributed by atoms with Gasteiger partial charge in [-0.15, -0.1) is 0 Å². The van der Waals surface area contributed by atoms with Crippen molar-refractivity contribution < 1.29 is 19.1 Å². The van der Waals surface area contributed by atoms with Gasteiger partial charge in [0.15, 0.2) is 12.4 Å². The predicted molar refractivity (Wildman–Crippen MR) is 61.9 cm³/mol. The zero-order chi connectivity index (χ0) is 13.8. The fourth-order valence-corrected chi connectivity index (χ4v) is 0.539. The summed E-state index contributed by atoms with van der Waals surface area (Å²) in [5, 5.41) is 7.85. The molecule has 0 aromatic rings. The van der Waals surface area contributed by atoms with Crippen LogP contribution in [0.3, 0.4) is 0 Å². The van der Waals surface area contributed by atoms with Crippen molar-refractivity contribution in [3.05, 3.63) is 24.8 Å². The number of esters is 1. The average Bonchev–Trinajstić information content (AvgIpc) is 2.25. The number of allylic oxidation sites excluding steroid dienone is 1. The summed E-state index contributed by atoms with van der Waals surface area (Å²) in [6, 6.07) is 1.64. The van der Waals surface area contributed by atoms with Crippen molar-refractivity contribution in [1.82, 2.24) is 0 Å². The number of rotatable bonds is 5. The molecule has 0 saturated carbocycles. The number of ketones is 2. The summed E-state index contributed by atoms with van der Waals surface area (Å²) in [5.74, 6) is -0.836. The van der Waals surface area contributed by atoms with E-state index in [-0.39, 0.29) is 24.6 Å². The maximum atomic E-state index is 10.6. The molecule has 0 bridgehead atoms. The van der Waals surface area contributed by atoms with E-state index in [1.807, 2.05) is 0 Å². The molecule has 0 N–H and O–H groups in total. The SMILES string of the molecule is C=C(C)C(=O)CC(C)=O.C=CC(=O)OCC#N. The highest BCUT2D eigenvalue weighted by Crippen LogP contribution is 1.94. The van der Waals surface area contributed by atoms with Crippen molar-refractivity contribution in [2.24, 2.45) is 0 Å². The van der Waals surface area contributed by atoms with E-state index in [0.717, 1.165) is 6.08 Å². The average molecular weight is 237 g/mol. The molecule has 0 aliphatic carbocycles. The van der Waals surface area contributed by atoms with Crippen LogP contribution in [0.4, 0.5) is 0 Å². The molecule has 0 fully saturated rings. The lowest BCUT2D eigenvalue weighted by Gasteiger charge is -1.91. The molecular formula is C12H15NO4. The lowest BCUT2D eigenvalue weighted by molar-refractivity contribution is -0.136. The van der Waals surface area contributed by atoms with E-state index in [4.69, 9.17) is 5.26 Å². The fourth-order valence-electron chi connectivity index (χ4n) is 0.539. The van der Waals surface area contributed by atoms with Gasteiger partial charge in [0.25, 0.3) is 0 Å². The van der Waals surface area contributed by atoms with Gasteiger partial charge in [-0.25, -0.2) is 4.79 Å².